The summed E-state index contributed by atoms with van der Waals surface area (Å²) in [7, 11) is 0. The van der Waals surface area contributed by atoms with Crippen LogP contribution < -0.4 is 16.4 Å². The molecule has 1 rings (SSSR count). The zero-order valence-corrected chi connectivity index (χ0v) is 12.6. The molecular weight excluding hydrogens is 278 g/mol. The lowest BCUT2D eigenvalue weighted by Crippen LogP contribution is -2.34. The van der Waals surface area contributed by atoms with Gasteiger partial charge in [-0.1, -0.05) is 19.9 Å². The number of nitrogens with two attached hydrogens (primary N) is 1. The number of rotatable bonds is 6. The van der Waals surface area contributed by atoms with Crippen LogP contribution in [-0.2, 0) is 4.79 Å². The highest BCUT2D eigenvalue weighted by atomic mass is 35.5. The summed E-state index contributed by atoms with van der Waals surface area (Å²) < 4.78 is 0. The summed E-state index contributed by atoms with van der Waals surface area (Å²) in [5.74, 6) is -0.383. The first kappa shape index (κ1) is 18.4. The maximum Gasteiger partial charge on any atom is 0.251 e. The molecule has 20 heavy (non-hydrogen) atoms. The second-order valence-corrected chi connectivity index (χ2v) is 4.34. The standard InChI is InChI=1S/C14H21N3O2.ClH/c1-3-8-16-13(18)10-6-5-7-11(9-10)17-14(19)12(15)4-2;/h5-7,9,12H,3-4,8,15H2,1-2H3,(H,16,18)(H,17,19);1H/t12-;/m0./s1. The topological polar surface area (TPSA) is 84.2 Å². The fourth-order valence-corrected chi connectivity index (χ4v) is 1.50. The Morgan fingerprint density at radius 2 is 2.00 bits per heavy atom. The van der Waals surface area contributed by atoms with E-state index in [0.717, 1.165) is 6.42 Å². The number of anilines is 1. The summed E-state index contributed by atoms with van der Waals surface area (Å²) in [4.78, 5) is 23.4. The Morgan fingerprint density at radius 3 is 2.60 bits per heavy atom. The van der Waals surface area contributed by atoms with Gasteiger partial charge in [0.05, 0.1) is 6.04 Å². The lowest BCUT2D eigenvalue weighted by Gasteiger charge is -2.11. The molecule has 0 spiro atoms. The van der Waals surface area contributed by atoms with Crippen molar-refractivity contribution in [2.45, 2.75) is 32.7 Å². The van der Waals surface area contributed by atoms with Gasteiger partial charge < -0.3 is 16.4 Å². The van der Waals surface area contributed by atoms with Crippen molar-refractivity contribution in [1.82, 2.24) is 5.32 Å². The molecule has 0 aromatic heterocycles. The monoisotopic (exact) mass is 299 g/mol. The molecular formula is C14H22ClN3O2. The minimum atomic E-state index is -0.530. The number of hydrogen-bond donors (Lipinski definition) is 3. The molecule has 1 atom stereocenters. The van der Waals surface area contributed by atoms with E-state index in [4.69, 9.17) is 5.73 Å². The maximum absolute atomic E-state index is 11.8. The smallest absolute Gasteiger partial charge is 0.251 e. The molecule has 4 N–H and O–H groups in total. The summed E-state index contributed by atoms with van der Waals surface area (Å²) in [6.45, 7) is 4.47. The predicted molar refractivity (Wildman–Crippen MR) is 83.2 cm³/mol. The largest absolute Gasteiger partial charge is 0.352 e. The molecule has 1 aromatic carbocycles. The minimum Gasteiger partial charge on any atom is -0.352 e. The van der Waals surface area contributed by atoms with E-state index in [1.807, 2.05) is 13.8 Å². The first-order chi connectivity index (χ1) is 9.08. The predicted octanol–water partition coefficient (Wildman–Crippen LogP) is 1.92. The minimum absolute atomic E-state index is 0. The van der Waals surface area contributed by atoms with Gasteiger partial charge in [0.1, 0.15) is 0 Å². The summed E-state index contributed by atoms with van der Waals surface area (Å²) >= 11 is 0. The van der Waals surface area contributed by atoms with Crippen LogP contribution in [0.5, 0.6) is 0 Å². The van der Waals surface area contributed by atoms with E-state index >= 15 is 0 Å². The Morgan fingerprint density at radius 1 is 1.30 bits per heavy atom. The number of carbonyl (C=O) groups is 2. The average molecular weight is 300 g/mol. The Labute approximate surface area is 125 Å². The van der Waals surface area contributed by atoms with E-state index in [1.54, 1.807) is 24.3 Å². The van der Waals surface area contributed by atoms with E-state index in [2.05, 4.69) is 10.6 Å². The highest BCUT2D eigenvalue weighted by Crippen LogP contribution is 2.11. The van der Waals surface area contributed by atoms with Gasteiger partial charge in [0.25, 0.3) is 5.91 Å². The molecule has 0 bridgehead atoms. The van der Waals surface area contributed by atoms with Gasteiger partial charge in [-0.2, -0.15) is 0 Å². The van der Waals surface area contributed by atoms with Crippen LogP contribution in [0.15, 0.2) is 24.3 Å². The van der Waals surface area contributed by atoms with Crippen molar-refractivity contribution in [2.24, 2.45) is 5.73 Å². The van der Waals surface area contributed by atoms with Crippen molar-refractivity contribution in [3.63, 3.8) is 0 Å². The molecule has 0 saturated heterocycles. The van der Waals surface area contributed by atoms with Crippen LogP contribution >= 0.6 is 12.4 Å². The third kappa shape index (κ3) is 5.59. The van der Waals surface area contributed by atoms with Crippen LogP contribution in [0.3, 0.4) is 0 Å². The van der Waals surface area contributed by atoms with Crippen LogP contribution in [-0.4, -0.2) is 24.4 Å². The zero-order chi connectivity index (χ0) is 14.3. The molecule has 2 amide bonds. The second-order valence-electron chi connectivity index (χ2n) is 4.34. The van der Waals surface area contributed by atoms with Gasteiger partial charge in [-0.25, -0.2) is 0 Å². The van der Waals surface area contributed by atoms with Gasteiger partial charge in [-0.3, -0.25) is 9.59 Å². The number of benzene rings is 1. The Balaban J connectivity index is 0.00000361. The molecule has 0 radical (unpaired) electrons. The van der Waals surface area contributed by atoms with Gasteiger partial charge in [0, 0.05) is 17.8 Å². The number of halogens is 1. The molecule has 0 heterocycles. The number of hydrogen-bond acceptors (Lipinski definition) is 3. The molecule has 0 saturated carbocycles. The number of amides is 2. The molecule has 6 heteroatoms. The molecule has 112 valence electrons. The van der Waals surface area contributed by atoms with Crippen molar-refractivity contribution in [2.75, 3.05) is 11.9 Å². The molecule has 1 aromatic rings. The highest BCUT2D eigenvalue weighted by Gasteiger charge is 2.12. The lowest BCUT2D eigenvalue weighted by molar-refractivity contribution is -0.117. The third-order valence-corrected chi connectivity index (χ3v) is 2.70. The van der Waals surface area contributed by atoms with E-state index < -0.39 is 6.04 Å². The Bertz CT molecular complexity index is 452. The Kier molecular flexibility index (Phi) is 8.59. The second kappa shape index (κ2) is 9.34. The van der Waals surface area contributed by atoms with Crippen LogP contribution in [0.4, 0.5) is 5.69 Å². The van der Waals surface area contributed by atoms with Crippen molar-refractivity contribution < 1.29 is 9.59 Å². The van der Waals surface area contributed by atoms with Gasteiger partial charge in [0.2, 0.25) is 5.91 Å². The molecule has 0 aliphatic rings. The van der Waals surface area contributed by atoms with Crippen molar-refractivity contribution >= 4 is 29.9 Å². The van der Waals surface area contributed by atoms with Crippen LogP contribution in [0.1, 0.15) is 37.0 Å². The zero-order valence-electron chi connectivity index (χ0n) is 11.8. The number of nitrogens with one attached hydrogen (secondary N) is 2. The fraction of sp³-hybridized carbons (Fsp3) is 0.429. The van der Waals surface area contributed by atoms with Gasteiger partial charge in [-0.05, 0) is 31.0 Å². The first-order valence-electron chi connectivity index (χ1n) is 6.53. The van der Waals surface area contributed by atoms with E-state index in [1.165, 1.54) is 0 Å². The Hall–Kier alpha value is -1.59. The van der Waals surface area contributed by atoms with E-state index in [-0.39, 0.29) is 24.2 Å². The molecule has 0 aliphatic heterocycles. The summed E-state index contributed by atoms with van der Waals surface area (Å²) in [5, 5.41) is 5.49. The third-order valence-electron chi connectivity index (χ3n) is 2.70. The molecule has 5 nitrogen and oxygen atoms in total. The highest BCUT2D eigenvalue weighted by molar-refractivity contribution is 5.98. The molecule has 0 unspecified atom stereocenters. The van der Waals surface area contributed by atoms with Crippen LogP contribution in [0, 0.1) is 0 Å². The summed E-state index contributed by atoms with van der Waals surface area (Å²) in [5.41, 5.74) is 6.74. The maximum atomic E-state index is 11.8. The van der Waals surface area contributed by atoms with Crippen molar-refractivity contribution in [1.29, 1.82) is 0 Å². The number of carbonyl (C=O) groups excluding carboxylic acids is 2. The van der Waals surface area contributed by atoms with E-state index in [0.29, 0.717) is 24.2 Å². The molecule has 0 aliphatic carbocycles. The van der Waals surface area contributed by atoms with Crippen LogP contribution in [0.2, 0.25) is 0 Å². The van der Waals surface area contributed by atoms with Crippen LogP contribution in [0.25, 0.3) is 0 Å². The summed E-state index contributed by atoms with van der Waals surface area (Å²) in [6.07, 6.45) is 1.45. The SMILES string of the molecule is CCCNC(=O)c1cccc(NC(=O)[C@@H](N)CC)c1.Cl. The van der Waals surface area contributed by atoms with Crippen molar-refractivity contribution in [3.05, 3.63) is 29.8 Å². The van der Waals surface area contributed by atoms with Gasteiger partial charge >= 0.3 is 0 Å². The van der Waals surface area contributed by atoms with Crippen molar-refractivity contribution in [3.8, 4) is 0 Å². The van der Waals surface area contributed by atoms with Gasteiger partial charge in [0.15, 0.2) is 0 Å². The quantitative estimate of drug-likeness (QED) is 0.750. The average Bonchev–Trinajstić information content (AvgIpc) is 2.43. The fourth-order valence-electron chi connectivity index (χ4n) is 1.50. The first-order valence-corrected chi connectivity index (χ1v) is 6.53. The normalized spacial score (nSPS) is 11.2. The lowest BCUT2D eigenvalue weighted by atomic mass is 10.1. The molecule has 0 fully saturated rings. The summed E-state index contributed by atoms with van der Waals surface area (Å²) in [6, 6.07) is 6.29. The van der Waals surface area contributed by atoms with E-state index in [9.17, 15) is 9.59 Å². The van der Waals surface area contributed by atoms with Gasteiger partial charge in [-0.15, -0.1) is 12.4 Å².